The number of para-hydroxylation sites is 1. The van der Waals surface area contributed by atoms with Gasteiger partial charge in [0.05, 0.1) is 18.4 Å². The molecule has 19 heavy (non-hydrogen) atoms. The van der Waals surface area contributed by atoms with E-state index >= 15 is 0 Å². The number of carbonyl (C=O) groups excluding carboxylic acids is 2. The third kappa shape index (κ3) is 3.95. The molecule has 0 unspecified atom stereocenters. The van der Waals surface area contributed by atoms with Crippen LogP contribution >= 0.6 is 0 Å². The molecule has 0 aliphatic rings. The number of ether oxygens (including phenoxy) is 1. The molecule has 6 heteroatoms. The zero-order valence-electron chi connectivity index (χ0n) is 10.5. The van der Waals surface area contributed by atoms with Crippen LogP contribution in [0.15, 0.2) is 35.9 Å². The lowest BCUT2D eigenvalue weighted by molar-refractivity contribution is -0.132. The third-order valence-electron chi connectivity index (χ3n) is 2.28. The number of nitrogens with one attached hydrogen (secondary N) is 1. The number of carbonyl (C=O) groups is 3. The van der Waals surface area contributed by atoms with Gasteiger partial charge in [-0.25, -0.2) is 9.59 Å². The lowest BCUT2D eigenvalue weighted by Gasteiger charge is -2.07. The number of benzene rings is 1. The molecular formula is C13H13NO5. The van der Waals surface area contributed by atoms with E-state index in [2.05, 4.69) is 10.1 Å². The van der Waals surface area contributed by atoms with Gasteiger partial charge in [0.1, 0.15) is 0 Å². The van der Waals surface area contributed by atoms with Crippen LogP contribution in [0, 0.1) is 0 Å². The molecule has 6 nitrogen and oxygen atoms in total. The summed E-state index contributed by atoms with van der Waals surface area (Å²) in [6, 6.07) is 6.28. The van der Waals surface area contributed by atoms with Crippen molar-refractivity contribution in [3.8, 4) is 0 Å². The summed E-state index contributed by atoms with van der Waals surface area (Å²) in [4.78, 5) is 33.6. The Balaban J connectivity index is 2.95. The molecule has 0 bridgehead atoms. The largest absolute Gasteiger partial charge is 0.478 e. The van der Waals surface area contributed by atoms with E-state index in [1.54, 1.807) is 12.1 Å². The quantitative estimate of drug-likeness (QED) is 0.633. The van der Waals surface area contributed by atoms with Gasteiger partial charge in [-0.1, -0.05) is 12.1 Å². The lowest BCUT2D eigenvalue weighted by atomic mass is 10.1. The number of rotatable bonds is 4. The van der Waals surface area contributed by atoms with Crippen LogP contribution in [0.4, 0.5) is 5.69 Å². The molecule has 0 saturated carbocycles. The van der Waals surface area contributed by atoms with Gasteiger partial charge in [-0.05, 0) is 19.1 Å². The van der Waals surface area contributed by atoms with E-state index in [1.165, 1.54) is 26.2 Å². The zero-order chi connectivity index (χ0) is 14.4. The van der Waals surface area contributed by atoms with Gasteiger partial charge in [-0.3, -0.25) is 4.79 Å². The highest BCUT2D eigenvalue weighted by atomic mass is 16.5. The second kappa shape index (κ2) is 6.34. The van der Waals surface area contributed by atoms with Crippen molar-refractivity contribution in [3.05, 3.63) is 41.5 Å². The van der Waals surface area contributed by atoms with Crippen molar-refractivity contribution in [1.82, 2.24) is 0 Å². The van der Waals surface area contributed by atoms with Crippen LogP contribution in [-0.2, 0) is 14.3 Å². The van der Waals surface area contributed by atoms with Gasteiger partial charge in [-0.15, -0.1) is 0 Å². The predicted octanol–water partition coefficient (Wildman–Crippen LogP) is 1.44. The summed E-state index contributed by atoms with van der Waals surface area (Å²) in [5.41, 5.74) is 0.349. The van der Waals surface area contributed by atoms with Crippen molar-refractivity contribution in [3.63, 3.8) is 0 Å². The smallest absolute Gasteiger partial charge is 0.339 e. The first-order chi connectivity index (χ1) is 8.95. The normalized spacial score (nSPS) is 10.7. The van der Waals surface area contributed by atoms with Crippen LogP contribution in [-0.4, -0.2) is 30.1 Å². The van der Waals surface area contributed by atoms with Gasteiger partial charge in [0.2, 0.25) is 5.91 Å². The molecule has 0 heterocycles. The molecule has 0 saturated heterocycles. The maximum absolute atomic E-state index is 11.6. The molecule has 0 aromatic heterocycles. The number of amides is 1. The Morgan fingerprint density at radius 1 is 1.26 bits per heavy atom. The molecule has 1 aromatic rings. The molecular weight excluding hydrogens is 250 g/mol. The molecule has 0 fully saturated rings. The highest BCUT2D eigenvalue weighted by Crippen LogP contribution is 2.16. The summed E-state index contributed by atoms with van der Waals surface area (Å²) in [5, 5.41) is 11.1. The van der Waals surface area contributed by atoms with E-state index in [9.17, 15) is 14.4 Å². The maximum atomic E-state index is 11.6. The van der Waals surface area contributed by atoms with Crippen LogP contribution in [0.3, 0.4) is 0 Å². The van der Waals surface area contributed by atoms with E-state index in [-0.39, 0.29) is 16.8 Å². The molecule has 0 spiro atoms. The Morgan fingerprint density at radius 2 is 1.89 bits per heavy atom. The number of hydrogen-bond donors (Lipinski definition) is 2. The highest BCUT2D eigenvalue weighted by molar-refractivity contribution is 6.07. The van der Waals surface area contributed by atoms with Crippen LogP contribution in [0.25, 0.3) is 0 Å². The topological polar surface area (TPSA) is 92.7 Å². The standard InChI is InChI=1S/C13H13NO5/c1-8(12(16)17)7-11(15)14-10-6-4-3-5-9(10)13(18)19-2/h3-7H,1-2H3,(H,14,15)(H,16,17)/b8-7+. The van der Waals surface area contributed by atoms with E-state index in [4.69, 9.17) is 5.11 Å². The molecule has 100 valence electrons. The van der Waals surface area contributed by atoms with Gasteiger partial charge >= 0.3 is 11.9 Å². The van der Waals surface area contributed by atoms with Crippen molar-refractivity contribution in [1.29, 1.82) is 0 Å². The summed E-state index contributed by atoms with van der Waals surface area (Å²) < 4.78 is 4.58. The van der Waals surface area contributed by atoms with E-state index in [0.717, 1.165) is 6.08 Å². The molecule has 0 aliphatic heterocycles. The molecule has 1 amide bonds. The summed E-state index contributed by atoms with van der Waals surface area (Å²) in [7, 11) is 1.23. The Bertz CT molecular complexity index is 548. The number of carboxylic acids is 1. The summed E-state index contributed by atoms with van der Waals surface area (Å²) in [6.07, 6.45) is 0.941. The molecule has 0 radical (unpaired) electrons. The minimum Gasteiger partial charge on any atom is -0.478 e. The van der Waals surface area contributed by atoms with Gasteiger partial charge in [0.25, 0.3) is 0 Å². The van der Waals surface area contributed by atoms with Crippen molar-refractivity contribution in [2.24, 2.45) is 0 Å². The number of carboxylic acid groups (broad SMARTS) is 1. The van der Waals surface area contributed by atoms with Crippen molar-refractivity contribution in [2.45, 2.75) is 6.92 Å². The minimum atomic E-state index is -1.18. The monoisotopic (exact) mass is 263 g/mol. The molecule has 1 aromatic carbocycles. The van der Waals surface area contributed by atoms with Gasteiger partial charge in [0, 0.05) is 11.6 Å². The lowest BCUT2D eigenvalue weighted by Crippen LogP contribution is -2.14. The highest BCUT2D eigenvalue weighted by Gasteiger charge is 2.12. The van der Waals surface area contributed by atoms with Crippen molar-refractivity contribution >= 4 is 23.5 Å². The average molecular weight is 263 g/mol. The number of hydrogen-bond acceptors (Lipinski definition) is 4. The number of esters is 1. The van der Waals surface area contributed by atoms with Gasteiger partial charge in [0.15, 0.2) is 0 Å². The first-order valence-corrected chi connectivity index (χ1v) is 5.35. The third-order valence-corrected chi connectivity index (χ3v) is 2.28. The van der Waals surface area contributed by atoms with Gasteiger partial charge < -0.3 is 15.2 Å². The fourth-order valence-corrected chi connectivity index (χ4v) is 1.31. The van der Waals surface area contributed by atoms with Crippen LogP contribution in [0.1, 0.15) is 17.3 Å². The molecule has 2 N–H and O–H groups in total. The maximum Gasteiger partial charge on any atom is 0.339 e. The second-order valence-electron chi connectivity index (χ2n) is 3.66. The zero-order valence-corrected chi connectivity index (χ0v) is 10.5. The Kier molecular flexibility index (Phi) is 4.82. The number of methoxy groups -OCH3 is 1. The van der Waals surface area contributed by atoms with Crippen LogP contribution in [0.2, 0.25) is 0 Å². The van der Waals surface area contributed by atoms with Crippen LogP contribution < -0.4 is 5.32 Å². The van der Waals surface area contributed by atoms with Crippen LogP contribution in [0.5, 0.6) is 0 Å². The predicted molar refractivity (Wildman–Crippen MR) is 67.8 cm³/mol. The first kappa shape index (κ1) is 14.4. The summed E-state index contributed by atoms with van der Waals surface area (Å²) in [6.45, 7) is 1.30. The average Bonchev–Trinajstić information content (AvgIpc) is 2.38. The SMILES string of the molecule is COC(=O)c1ccccc1NC(=O)/C=C(\C)C(=O)O. The second-order valence-corrected chi connectivity index (χ2v) is 3.66. The minimum absolute atomic E-state index is 0.104. The summed E-state index contributed by atoms with van der Waals surface area (Å²) >= 11 is 0. The van der Waals surface area contributed by atoms with Crippen molar-refractivity contribution < 1.29 is 24.2 Å². The first-order valence-electron chi connectivity index (χ1n) is 5.35. The Morgan fingerprint density at radius 3 is 2.47 bits per heavy atom. The molecule has 0 aliphatic carbocycles. The van der Waals surface area contributed by atoms with E-state index in [0.29, 0.717) is 0 Å². The van der Waals surface area contributed by atoms with E-state index in [1.807, 2.05) is 0 Å². The molecule has 0 atom stereocenters. The number of anilines is 1. The Hall–Kier alpha value is -2.63. The Labute approximate surface area is 109 Å². The van der Waals surface area contributed by atoms with Crippen molar-refractivity contribution in [2.75, 3.05) is 12.4 Å². The van der Waals surface area contributed by atoms with E-state index < -0.39 is 17.8 Å². The fraction of sp³-hybridized carbons (Fsp3) is 0.154. The fourth-order valence-electron chi connectivity index (χ4n) is 1.31. The number of aliphatic carboxylic acids is 1. The van der Waals surface area contributed by atoms with Gasteiger partial charge in [-0.2, -0.15) is 0 Å². The summed E-state index contributed by atoms with van der Waals surface area (Å²) in [5.74, 6) is -2.40. The molecule has 1 rings (SSSR count).